The second kappa shape index (κ2) is 12.7. The molecule has 9 rings (SSSR count). The zero-order valence-electron chi connectivity index (χ0n) is 27.4. The fourth-order valence-electron chi connectivity index (χ4n) is 6.76. The molecule has 0 bridgehead atoms. The smallest absolute Gasteiger partial charge is 0.164 e. The number of nitrogens with zero attached hydrogens (tertiary/aromatic N) is 4. The van der Waals surface area contributed by atoms with E-state index in [0.717, 1.165) is 72.0 Å². The first kappa shape index (κ1) is 29.9. The summed E-state index contributed by atoms with van der Waals surface area (Å²) in [4.78, 5) is 15.2. The van der Waals surface area contributed by atoms with Gasteiger partial charge >= 0.3 is 0 Å². The second-order valence-electron chi connectivity index (χ2n) is 12.3. The van der Waals surface area contributed by atoms with Crippen molar-refractivity contribution in [3.63, 3.8) is 0 Å². The molecule has 9 aromatic rings. The lowest BCUT2D eigenvalue weighted by molar-refractivity contribution is 0.669. The molecule has 0 amide bonds. The molecule has 0 unspecified atom stereocenters. The Labute approximate surface area is 294 Å². The Morgan fingerprint density at radius 3 is 1.71 bits per heavy atom. The van der Waals surface area contributed by atoms with Crippen LogP contribution in [-0.2, 0) is 0 Å². The first-order chi connectivity index (χ1) is 25.2. The molecule has 2 aromatic heterocycles. The third-order valence-electron chi connectivity index (χ3n) is 9.21. The van der Waals surface area contributed by atoms with Gasteiger partial charge in [-0.05, 0) is 69.8 Å². The summed E-state index contributed by atoms with van der Waals surface area (Å²) in [5.74, 6) is 1.67. The average Bonchev–Trinajstić information content (AvgIpc) is 3.60. The Balaban J connectivity index is 1.24. The number of hydrogen-bond donors (Lipinski definition) is 0. The predicted octanol–water partition coefficient (Wildman–Crippen LogP) is 11.6. The Kier molecular flexibility index (Phi) is 7.46. The molecule has 0 N–H and O–H groups in total. The summed E-state index contributed by atoms with van der Waals surface area (Å²) in [7, 11) is 0. The van der Waals surface area contributed by atoms with Crippen molar-refractivity contribution in [2.45, 2.75) is 0 Å². The largest absolute Gasteiger partial charge is 0.456 e. The zero-order chi connectivity index (χ0) is 34.1. The lowest BCUT2D eigenvalue weighted by atomic mass is 9.92. The van der Waals surface area contributed by atoms with Crippen molar-refractivity contribution in [2.24, 2.45) is 0 Å². The Morgan fingerprint density at radius 1 is 0.392 bits per heavy atom. The van der Waals surface area contributed by atoms with Gasteiger partial charge in [-0.2, -0.15) is 5.26 Å². The van der Waals surface area contributed by atoms with Crippen molar-refractivity contribution >= 4 is 21.9 Å². The van der Waals surface area contributed by atoms with Crippen LogP contribution in [0.5, 0.6) is 0 Å². The number of benzene rings is 7. The first-order valence-electron chi connectivity index (χ1n) is 16.8. The molecule has 0 aliphatic rings. The molecule has 238 valence electrons. The van der Waals surface area contributed by atoms with E-state index in [1.807, 2.05) is 109 Å². The molecule has 0 saturated heterocycles. The summed E-state index contributed by atoms with van der Waals surface area (Å²) >= 11 is 0. The minimum absolute atomic E-state index is 0.544. The molecule has 7 aromatic carbocycles. The zero-order valence-corrected chi connectivity index (χ0v) is 27.4. The summed E-state index contributed by atoms with van der Waals surface area (Å²) in [5.41, 5.74) is 10.8. The quantitative estimate of drug-likeness (QED) is 0.179. The van der Waals surface area contributed by atoms with Crippen LogP contribution < -0.4 is 0 Å². The van der Waals surface area contributed by atoms with Crippen LogP contribution in [0.1, 0.15) is 5.56 Å². The van der Waals surface area contributed by atoms with Gasteiger partial charge in [0.05, 0.1) is 11.6 Å². The van der Waals surface area contributed by atoms with Crippen LogP contribution in [0.15, 0.2) is 174 Å². The van der Waals surface area contributed by atoms with Gasteiger partial charge < -0.3 is 4.42 Å². The highest BCUT2D eigenvalue weighted by Crippen LogP contribution is 2.39. The molecule has 0 radical (unpaired) electrons. The van der Waals surface area contributed by atoms with Crippen molar-refractivity contribution in [1.29, 1.82) is 5.26 Å². The standard InChI is InChI=1S/C46H28N4O/c47-29-35-19-10-11-20-36(35)33-23-25-38(40(27-33)31-15-6-2-7-16-31)46-49-44(32-17-8-3-9-18-32)48-45(50-46)34-24-26-39-42(28-34)51-41-22-12-21-37(43(39)41)30-13-4-1-5-14-30/h1-28H. The first-order valence-corrected chi connectivity index (χ1v) is 16.8. The molecule has 0 aliphatic carbocycles. The normalized spacial score (nSPS) is 11.1. The number of furan rings is 1. The summed E-state index contributed by atoms with van der Waals surface area (Å²) < 4.78 is 6.46. The molecule has 0 aliphatic heterocycles. The number of hydrogen-bond acceptors (Lipinski definition) is 5. The van der Waals surface area contributed by atoms with Crippen LogP contribution in [0.2, 0.25) is 0 Å². The third kappa shape index (κ3) is 5.51. The molecule has 2 heterocycles. The molecular formula is C46H28N4O. The topological polar surface area (TPSA) is 75.6 Å². The van der Waals surface area contributed by atoms with E-state index in [0.29, 0.717) is 23.0 Å². The fourth-order valence-corrected chi connectivity index (χ4v) is 6.76. The highest BCUT2D eigenvalue weighted by molar-refractivity contribution is 6.13. The van der Waals surface area contributed by atoms with E-state index in [4.69, 9.17) is 19.4 Å². The van der Waals surface area contributed by atoms with Crippen molar-refractivity contribution in [3.05, 3.63) is 175 Å². The monoisotopic (exact) mass is 652 g/mol. The minimum Gasteiger partial charge on any atom is -0.456 e. The van der Waals surface area contributed by atoms with Gasteiger partial charge in [0.1, 0.15) is 11.2 Å². The highest BCUT2D eigenvalue weighted by atomic mass is 16.3. The molecule has 5 nitrogen and oxygen atoms in total. The summed E-state index contributed by atoms with van der Waals surface area (Å²) in [5, 5.41) is 12.0. The van der Waals surface area contributed by atoms with E-state index in [1.54, 1.807) is 0 Å². The molecular weight excluding hydrogens is 625 g/mol. The van der Waals surface area contributed by atoms with Gasteiger partial charge in [-0.15, -0.1) is 0 Å². The van der Waals surface area contributed by atoms with E-state index < -0.39 is 0 Å². The minimum atomic E-state index is 0.544. The lowest BCUT2D eigenvalue weighted by Crippen LogP contribution is -2.01. The summed E-state index contributed by atoms with van der Waals surface area (Å²) in [6.07, 6.45) is 0. The van der Waals surface area contributed by atoms with E-state index >= 15 is 0 Å². The molecule has 0 spiro atoms. The van der Waals surface area contributed by atoms with E-state index in [9.17, 15) is 5.26 Å². The van der Waals surface area contributed by atoms with Crippen molar-refractivity contribution in [3.8, 4) is 73.6 Å². The van der Waals surface area contributed by atoms with Crippen LogP contribution >= 0.6 is 0 Å². The van der Waals surface area contributed by atoms with Gasteiger partial charge in [0.25, 0.3) is 0 Å². The van der Waals surface area contributed by atoms with E-state index in [2.05, 4.69) is 66.7 Å². The Bertz CT molecular complexity index is 2750. The molecule has 0 fully saturated rings. The van der Waals surface area contributed by atoms with E-state index in [1.165, 1.54) is 0 Å². The number of aromatic nitrogens is 3. The average molecular weight is 653 g/mol. The number of rotatable bonds is 6. The lowest BCUT2D eigenvalue weighted by Gasteiger charge is -2.14. The summed E-state index contributed by atoms with van der Waals surface area (Å²) in [6, 6.07) is 59.2. The van der Waals surface area contributed by atoms with Gasteiger partial charge in [0.15, 0.2) is 17.5 Å². The van der Waals surface area contributed by atoms with Crippen molar-refractivity contribution in [2.75, 3.05) is 0 Å². The van der Waals surface area contributed by atoms with Crippen molar-refractivity contribution < 1.29 is 4.42 Å². The van der Waals surface area contributed by atoms with Gasteiger partial charge in [-0.3, -0.25) is 0 Å². The van der Waals surface area contributed by atoms with E-state index in [-0.39, 0.29) is 0 Å². The SMILES string of the molecule is N#Cc1ccccc1-c1ccc(-c2nc(-c3ccccc3)nc(-c3ccc4c(c3)oc3cccc(-c5ccccc5)c34)n2)c(-c2ccccc2)c1. The fraction of sp³-hybridized carbons (Fsp3) is 0. The molecule has 0 atom stereocenters. The predicted molar refractivity (Wildman–Crippen MR) is 204 cm³/mol. The molecule has 51 heavy (non-hydrogen) atoms. The van der Waals surface area contributed by atoms with Gasteiger partial charge in [-0.25, -0.2) is 15.0 Å². The molecule has 0 saturated carbocycles. The van der Waals surface area contributed by atoms with Crippen LogP contribution in [0.25, 0.3) is 89.5 Å². The van der Waals surface area contributed by atoms with Crippen LogP contribution in [-0.4, -0.2) is 15.0 Å². The van der Waals surface area contributed by atoms with Crippen LogP contribution in [0, 0.1) is 11.3 Å². The maximum absolute atomic E-state index is 9.87. The van der Waals surface area contributed by atoms with Crippen LogP contribution in [0.3, 0.4) is 0 Å². The number of nitriles is 1. The Morgan fingerprint density at radius 2 is 0.980 bits per heavy atom. The van der Waals surface area contributed by atoms with Crippen LogP contribution in [0.4, 0.5) is 0 Å². The third-order valence-corrected chi connectivity index (χ3v) is 9.21. The second-order valence-corrected chi connectivity index (χ2v) is 12.3. The van der Waals surface area contributed by atoms with Crippen molar-refractivity contribution in [1.82, 2.24) is 15.0 Å². The highest BCUT2D eigenvalue weighted by Gasteiger charge is 2.19. The van der Waals surface area contributed by atoms with Gasteiger partial charge in [0, 0.05) is 27.5 Å². The maximum Gasteiger partial charge on any atom is 0.164 e. The van der Waals surface area contributed by atoms with Gasteiger partial charge in [0.2, 0.25) is 0 Å². The molecule has 5 heteroatoms. The summed E-state index contributed by atoms with van der Waals surface area (Å²) in [6.45, 7) is 0. The maximum atomic E-state index is 9.87. The Hall–Kier alpha value is -7.16. The number of fused-ring (bicyclic) bond motifs is 3. The van der Waals surface area contributed by atoms with Gasteiger partial charge in [-0.1, -0.05) is 133 Å².